The van der Waals surface area contributed by atoms with Gasteiger partial charge >= 0.3 is 0 Å². The summed E-state index contributed by atoms with van der Waals surface area (Å²) in [5.41, 5.74) is 6.30. The number of nitrogens with one attached hydrogen (secondary N) is 3. The van der Waals surface area contributed by atoms with Gasteiger partial charge in [-0.2, -0.15) is 0 Å². The van der Waals surface area contributed by atoms with E-state index in [9.17, 15) is 13.2 Å². The van der Waals surface area contributed by atoms with Gasteiger partial charge in [-0.3, -0.25) is 9.52 Å². The number of nitrogens with zero attached hydrogens (tertiary/aromatic N) is 3. The molecular formula is C23H21N7O4S. The zero-order valence-corrected chi connectivity index (χ0v) is 19.3. The van der Waals surface area contributed by atoms with E-state index in [2.05, 4.69) is 30.3 Å². The Morgan fingerprint density at radius 1 is 0.857 bits per heavy atom. The van der Waals surface area contributed by atoms with E-state index in [1.54, 1.807) is 36.5 Å². The quantitative estimate of drug-likeness (QED) is 0.275. The van der Waals surface area contributed by atoms with Crippen LogP contribution in [0.25, 0.3) is 0 Å². The standard InChI is InChI=1S/C23H21N7O4S/c1-34-19-10-9-17(12-18(19)23(24)31)35(32,33)30-16-7-5-15(6-8-16)28-21-13-22(27-14-26-21)29-20-4-2-3-11-25-20/h2-14,30H,1H3,(H2,24,31)(H2,25,26,27,28,29). The molecular weight excluding hydrogens is 470 g/mol. The summed E-state index contributed by atoms with van der Waals surface area (Å²) in [5, 5.41) is 6.21. The van der Waals surface area contributed by atoms with Crippen LogP contribution in [0.1, 0.15) is 10.4 Å². The minimum atomic E-state index is -3.97. The van der Waals surface area contributed by atoms with Gasteiger partial charge in [0, 0.05) is 23.6 Å². The molecule has 0 fully saturated rings. The van der Waals surface area contributed by atoms with Gasteiger partial charge in [0.15, 0.2) is 0 Å². The van der Waals surface area contributed by atoms with Gasteiger partial charge in [0.1, 0.15) is 29.5 Å². The fourth-order valence-electron chi connectivity index (χ4n) is 3.09. The molecule has 0 unspecified atom stereocenters. The van der Waals surface area contributed by atoms with Gasteiger partial charge < -0.3 is 21.1 Å². The summed E-state index contributed by atoms with van der Waals surface area (Å²) in [6.07, 6.45) is 3.08. The first-order valence-corrected chi connectivity index (χ1v) is 11.7. The summed E-state index contributed by atoms with van der Waals surface area (Å²) in [6.45, 7) is 0. The highest BCUT2D eigenvalue weighted by atomic mass is 32.2. The summed E-state index contributed by atoms with van der Waals surface area (Å²) in [5.74, 6) is 1.13. The molecule has 0 aliphatic rings. The Bertz CT molecular complexity index is 1450. The normalized spacial score (nSPS) is 10.9. The lowest BCUT2D eigenvalue weighted by molar-refractivity contribution is 0.0997. The Hall–Kier alpha value is -4.71. The molecule has 0 bridgehead atoms. The Kier molecular flexibility index (Phi) is 6.73. The van der Waals surface area contributed by atoms with E-state index in [1.165, 1.54) is 31.6 Å². The number of aromatic nitrogens is 3. The van der Waals surface area contributed by atoms with E-state index in [0.717, 1.165) is 0 Å². The molecule has 0 spiro atoms. The number of primary amides is 1. The number of amides is 1. The first-order valence-electron chi connectivity index (χ1n) is 10.2. The molecule has 1 amide bonds. The molecule has 178 valence electrons. The molecule has 12 heteroatoms. The third kappa shape index (κ3) is 5.81. The Morgan fingerprint density at radius 3 is 2.23 bits per heavy atom. The van der Waals surface area contributed by atoms with Crippen molar-refractivity contribution >= 4 is 44.8 Å². The molecule has 0 atom stereocenters. The maximum Gasteiger partial charge on any atom is 0.261 e. The number of benzene rings is 2. The minimum absolute atomic E-state index is 0.0309. The van der Waals surface area contributed by atoms with Crippen molar-refractivity contribution in [3.63, 3.8) is 0 Å². The van der Waals surface area contributed by atoms with E-state index >= 15 is 0 Å². The number of sulfonamides is 1. The topological polar surface area (TPSA) is 161 Å². The molecule has 0 aliphatic heterocycles. The van der Waals surface area contributed by atoms with Gasteiger partial charge in [-0.1, -0.05) is 6.07 Å². The third-order valence-corrected chi connectivity index (χ3v) is 6.12. The van der Waals surface area contributed by atoms with Crippen molar-refractivity contribution < 1.29 is 17.9 Å². The lowest BCUT2D eigenvalue weighted by Gasteiger charge is -2.12. The van der Waals surface area contributed by atoms with Crippen LogP contribution in [0.3, 0.4) is 0 Å². The van der Waals surface area contributed by atoms with Crippen LogP contribution in [-0.4, -0.2) is 36.4 Å². The molecule has 5 N–H and O–H groups in total. The van der Waals surface area contributed by atoms with Crippen molar-refractivity contribution in [3.05, 3.63) is 84.8 Å². The predicted octanol–water partition coefficient (Wildman–Crippen LogP) is 3.27. The lowest BCUT2D eigenvalue weighted by Crippen LogP contribution is -2.16. The van der Waals surface area contributed by atoms with E-state index in [-0.39, 0.29) is 16.2 Å². The van der Waals surface area contributed by atoms with Crippen LogP contribution in [0.15, 0.2) is 84.1 Å². The first-order chi connectivity index (χ1) is 16.8. The Morgan fingerprint density at radius 2 is 1.57 bits per heavy atom. The van der Waals surface area contributed by atoms with Crippen molar-refractivity contribution in [2.75, 3.05) is 22.5 Å². The van der Waals surface area contributed by atoms with Crippen molar-refractivity contribution in [3.8, 4) is 5.75 Å². The largest absolute Gasteiger partial charge is 0.496 e. The highest BCUT2D eigenvalue weighted by Gasteiger charge is 2.19. The number of rotatable bonds is 9. The summed E-state index contributed by atoms with van der Waals surface area (Å²) >= 11 is 0. The van der Waals surface area contributed by atoms with Crippen molar-refractivity contribution in [2.24, 2.45) is 5.73 Å². The zero-order valence-electron chi connectivity index (χ0n) is 18.5. The number of hydrogen-bond donors (Lipinski definition) is 4. The van der Waals surface area contributed by atoms with Crippen LogP contribution in [0.2, 0.25) is 0 Å². The SMILES string of the molecule is COc1ccc(S(=O)(=O)Nc2ccc(Nc3cc(Nc4ccccn4)ncn3)cc2)cc1C(N)=O. The molecule has 4 aromatic rings. The maximum atomic E-state index is 12.8. The molecule has 0 aliphatic carbocycles. The van der Waals surface area contributed by atoms with Crippen LogP contribution in [0.4, 0.5) is 28.8 Å². The van der Waals surface area contributed by atoms with Crippen LogP contribution >= 0.6 is 0 Å². The summed E-state index contributed by atoms with van der Waals surface area (Å²) < 4.78 is 33.1. The number of hydrogen-bond acceptors (Lipinski definition) is 9. The predicted molar refractivity (Wildman–Crippen MR) is 132 cm³/mol. The molecule has 0 saturated carbocycles. The van der Waals surface area contributed by atoms with Crippen LogP contribution in [-0.2, 0) is 10.0 Å². The highest BCUT2D eigenvalue weighted by molar-refractivity contribution is 7.92. The second-order valence-corrected chi connectivity index (χ2v) is 8.85. The number of carbonyl (C=O) groups is 1. The molecule has 0 saturated heterocycles. The second kappa shape index (κ2) is 10.1. The lowest BCUT2D eigenvalue weighted by atomic mass is 10.2. The third-order valence-electron chi connectivity index (χ3n) is 4.74. The molecule has 2 aromatic carbocycles. The summed E-state index contributed by atoms with van der Waals surface area (Å²) in [6, 6.07) is 17.6. The minimum Gasteiger partial charge on any atom is -0.496 e. The highest BCUT2D eigenvalue weighted by Crippen LogP contribution is 2.25. The van der Waals surface area contributed by atoms with Gasteiger partial charge in [-0.25, -0.2) is 23.4 Å². The number of carbonyl (C=O) groups excluding carboxylic acids is 1. The van der Waals surface area contributed by atoms with E-state index in [1.807, 2.05) is 18.2 Å². The number of methoxy groups -OCH3 is 1. The van der Waals surface area contributed by atoms with Crippen molar-refractivity contribution in [1.29, 1.82) is 0 Å². The number of pyridine rings is 1. The molecule has 2 aromatic heterocycles. The number of ether oxygens (including phenoxy) is 1. The molecule has 35 heavy (non-hydrogen) atoms. The molecule has 4 rings (SSSR count). The molecule has 0 radical (unpaired) electrons. The smallest absolute Gasteiger partial charge is 0.261 e. The van der Waals surface area contributed by atoms with Gasteiger partial charge in [0.25, 0.3) is 15.9 Å². The zero-order chi connectivity index (χ0) is 24.8. The van der Waals surface area contributed by atoms with E-state index < -0.39 is 15.9 Å². The molecule has 11 nitrogen and oxygen atoms in total. The first kappa shape index (κ1) is 23.4. The number of nitrogens with two attached hydrogens (primary N) is 1. The fourth-order valence-corrected chi connectivity index (χ4v) is 4.18. The second-order valence-electron chi connectivity index (χ2n) is 7.16. The van der Waals surface area contributed by atoms with Crippen molar-refractivity contribution in [2.45, 2.75) is 4.90 Å². The van der Waals surface area contributed by atoms with E-state index in [0.29, 0.717) is 28.8 Å². The summed E-state index contributed by atoms with van der Waals surface area (Å²) in [4.78, 5) is 24.1. The van der Waals surface area contributed by atoms with Gasteiger partial charge in [0.05, 0.1) is 17.6 Å². The monoisotopic (exact) mass is 491 g/mol. The fraction of sp³-hybridized carbons (Fsp3) is 0.0435. The molecule has 2 heterocycles. The van der Waals surface area contributed by atoms with Crippen LogP contribution in [0, 0.1) is 0 Å². The van der Waals surface area contributed by atoms with Crippen LogP contribution in [0.5, 0.6) is 5.75 Å². The van der Waals surface area contributed by atoms with Gasteiger partial charge in [0.2, 0.25) is 0 Å². The maximum absolute atomic E-state index is 12.8. The average Bonchev–Trinajstić information content (AvgIpc) is 2.85. The van der Waals surface area contributed by atoms with Crippen molar-refractivity contribution in [1.82, 2.24) is 15.0 Å². The number of anilines is 5. The average molecular weight is 492 g/mol. The van der Waals surface area contributed by atoms with Crippen LogP contribution < -0.4 is 25.8 Å². The summed E-state index contributed by atoms with van der Waals surface area (Å²) in [7, 11) is -2.61. The van der Waals surface area contributed by atoms with Gasteiger partial charge in [-0.15, -0.1) is 0 Å². The Balaban J connectivity index is 1.45. The van der Waals surface area contributed by atoms with Gasteiger partial charge in [-0.05, 0) is 54.6 Å². The van der Waals surface area contributed by atoms with E-state index in [4.69, 9.17) is 10.5 Å². The Labute approximate surface area is 201 Å².